The number of primary amides is 1. The second-order valence-corrected chi connectivity index (χ2v) is 10.2. The molecule has 4 atom stereocenters. The van der Waals surface area contributed by atoms with E-state index < -0.39 is 69.8 Å². The largest absolute Gasteiger partial charge is 0.510 e. The number of nitrogens with zero attached hydrogens (tertiary/aromatic N) is 2. The van der Waals surface area contributed by atoms with Gasteiger partial charge in [0.1, 0.15) is 22.8 Å². The van der Waals surface area contributed by atoms with Crippen molar-refractivity contribution < 1.29 is 44.3 Å². The zero-order chi connectivity index (χ0) is 29.1. The van der Waals surface area contributed by atoms with Gasteiger partial charge >= 0.3 is 5.97 Å². The number of rotatable bonds is 3. The van der Waals surface area contributed by atoms with Crippen molar-refractivity contribution in [2.45, 2.75) is 24.5 Å². The molecule has 4 rings (SSSR count). The highest BCUT2D eigenvalue weighted by Crippen LogP contribution is 2.53. The van der Waals surface area contributed by atoms with E-state index >= 15 is 0 Å². The van der Waals surface area contributed by atoms with E-state index in [4.69, 9.17) is 5.73 Å². The van der Waals surface area contributed by atoms with Gasteiger partial charge in [-0.25, -0.2) is 4.79 Å². The molecule has 3 aliphatic carbocycles. The normalized spacial score (nSPS) is 25.9. The van der Waals surface area contributed by atoms with Crippen molar-refractivity contribution in [1.82, 2.24) is 4.90 Å². The summed E-state index contributed by atoms with van der Waals surface area (Å²) in [5, 5.41) is 45.0. The smallest absolute Gasteiger partial charge is 0.384 e. The summed E-state index contributed by atoms with van der Waals surface area (Å²) in [6, 6.07) is 0.444. The molecule has 39 heavy (non-hydrogen) atoms. The van der Waals surface area contributed by atoms with E-state index in [1.807, 2.05) is 0 Å². The molecule has 0 fully saturated rings. The van der Waals surface area contributed by atoms with Gasteiger partial charge in [0.05, 0.1) is 24.3 Å². The van der Waals surface area contributed by atoms with E-state index in [0.29, 0.717) is 11.3 Å². The molecular weight excluding hydrogens is 510 g/mol. The number of amides is 1. The summed E-state index contributed by atoms with van der Waals surface area (Å²) in [4.78, 5) is 54.1. The second-order valence-electron chi connectivity index (χ2n) is 10.2. The number of phenols is 1. The minimum absolute atomic E-state index is 0.0245. The van der Waals surface area contributed by atoms with Crippen molar-refractivity contribution in [3.8, 4) is 17.6 Å². The fourth-order valence-electron chi connectivity index (χ4n) is 5.96. The third-order valence-electron chi connectivity index (χ3n) is 7.67. The number of esters is 1. The molecule has 0 heterocycles. The minimum Gasteiger partial charge on any atom is -0.510 e. The van der Waals surface area contributed by atoms with Crippen molar-refractivity contribution >= 4 is 29.1 Å². The molecule has 6 N–H and O–H groups in total. The molecule has 0 aromatic heterocycles. The van der Waals surface area contributed by atoms with Gasteiger partial charge in [-0.2, -0.15) is 0 Å². The maximum atomic E-state index is 13.9. The Kier molecular flexibility index (Phi) is 6.70. The van der Waals surface area contributed by atoms with Crippen LogP contribution in [0.15, 0.2) is 28.7 Å². The van der Waals surface area contributed by atoms with Crippen LogP contribution in [0, 0.1) is 23.7 Å². The minimum atomic E-state index is -2.73. The lowest BCUT2D eigenvalue weighted by Gasteiger charge is -2.50. The molecule has 12 nitrogen and oxygen atoms in total. The Hall–Kier alpha value is -4.34. The summed E-state index contributed by atoms with van der Waals surface area (Å²) in [5.41, 5.74) is 2.18. The molecule has 1 amide bonds. The SMILES string of the molecule is COC(=O)C#Cc1cc(N(C)C)c2c(c1O)C(=O)C1=C(O)[C@]3(O)C(=O)C(C(N)=O)=C(O)[C@H](N(C)C)[C@@H]3C[C@@H]1C2. The third-order valence-corrected chi connectivity index (χ3v) is 7.67. The molecule has 0 saturated carbocycles. The molecule has 0 unspecified atom stereocenters. The van der Waals surface area contributed by atoms with Gasteiger partial charge in [-0.3, -0.25) is 19.3 Å². The molecule has 3 aliphatic rings. The van der Waals surface area contributed by atoms with Gasteiger partial charge in [0.2, 0.25) is 5.78 Å². The van der Waals surface area contributed by atoms with Gasteiger partial charge in [0, 0.05) is 37.2 Å². The number of allylic oxidation sites excluding steroid dienone is 1. The number of benzene rings is 1. The summed E-state index contributed by atoms with van der Waals surface area (Å²) in [6.45, 7) is 0. The van der Waals surface area contributed by atoms with Gasteiger partial charge in [-0.15, -0.1) is 0 Å². The van der Waals surface area contributed by atoms with Gasteiger partial charge in [-0.05, 0) is 44.5 Å². The summed E-state index contributed by atoms with van der Waals surface area (Å²) in [7, 11) is 7.69. The summed E-state index contributed by atoms with van der Waals surface area (Å²) >= 11 is 0. The molecule has 1 aromatic carbocycles. The number of phenolic OH excluding ortho intramolecular Hbond substituents is 1. The van der Waals surface area contributed by atoms with Crippen LogP contribution in [0.25, 0.3) is 0 Å². The van der Waals surface area contributed by atoms with E-state index in [1.54, 1.807) is 33.1 Å². The van der Waals surface area contributed by atoms with Crippen molar-refractivity contribution in [2.24, 2.45) is 17.6 Å². The Morgan fingerprint density at radius 3 is 2.33 bits per heavy atom. The third kappa shape index (κ3) is 3.93. The number of carbonyl (C=O) groups is 4. The van der Waals surface area contributed by atoms with E-state index in [2.05, 4.69) is 16.6 Å². The average Bonchev–Trinajstić information content (AvgIpc) is 2.84. The number of carbonyl (C=O) groups excluding carboxylic acids is 4. The van der Waals surface area contributed by atoms with Crippen LogP contribution in [0.3, 0.4) is 0 Å². The number of aliphatic hydroxyl groups excluding tert-OH is 2. The van der Waals surface area contributed by atoms with Gasteiger partial charge < -0.3 is 35.8 Å². The summed E-state index contributed by atoms with van der Waals surface area (Å²) in [6.07, 6.45) is 0.101. The number of ketones is 2. The van der Waals surface area contributed by atoms with Crippen LogP contribution in [0.1, 0.15) is 27.9 Å². The Balaban J connectivity index is 1.98. The number of anilines is 1. The van der Waals surface area contributed by atoms with E-state index in [0.717, 1.165) is 7.11 Å². The van der Waals surface area contributed by atoms with Crippen molar-refractivity contribution in [3.05, 3.63) is 45.4 Å². The van der Waals surface area contributed by atoms with Crippen LogP contribution in [-0.2, 0) is 25.5 Å². The standard InChI is InChI=1S/C27H29N3O9/c1-29(2)15-10-11(6-7-16(31)39-5)21(32)18-13(15)8-12-9-14-20(30(3)4)23(34)19(26(28)37)25(36)27(14,38)24(35)17(12)22(18)33/h10,12,14,20,32,34-35,38H,8-9H2,1-5H3,(H2,28,37)/t12-,14-,20+,27-/m0/s1. The maximum Gasteiger partial charge on any atom is 0.384 e. The lowest BCUT2D eigenvalue weighted by Crippen LogP contribution is -2.63. The summed E-state index contributed by atoms with van der Waals surface area (Å²) in [5.74, 6) is -3.58. The predicted octanol–water partition coefficient (Wildman–Crippen LogP) is -0.289. The first-order valence-electron chi connectivity index (χ1n) is 12.0. The van der Waals surface area contributed by atoms with Crippen LogP contribution in [0.2, 0.25) is 0 Å². The highest BCUT2D eigenvalue weighted by atomic mass is 16.5. The van der Waals surface area contributed by atoms with Crippen molar-refractivity contribution in [2.75, 3.05) is 40.2 Å². The lowest BCUT2D eigenvalue weighted by molar-refractivity contribution is -0.148. The number of nitrogens with two attached hydrogens (primary N) is 1. The van der Waals surface area contributed by atoms with E-state index in [9.17, 15) is 39.6 Å². The molecule has 0 saturated heterocycles. The van der Waals surface area contributed by atoms with E-state index in [1.165, 1.54) is 11.0 Å². The monoisotopic (exact) mass is 539 g/mol. The zero-order valence-corrected chi connectivity index (χ0v) is 22.0. The second kappa shape index (κ2) is 9.44. The number of aliphatic hydroxyl groups is 3. The Morgan fingerprint density at radius 1 is 1.15 bits per heavy atom. The molecule has 206 valence electrons. The van der Waals surface area contributed by atoms with Crippen LogP contribution >= 0.6 is 0 Å². The maximum absolute atomic E-state index is 13.9. The highest BCUT2D eigenvalue weighted by molar-refractivity contribution is 6.25. The van der Waals surface area contributed by atoms with Crippen molar-refractivity contribution in [3.63, 3.8) is 0 Å². The first kappa shape index (κ1) is 27.7. The molecule has 0 radical (unpaired) electrons. The fourth-order valence-corrected chi connectivity index (χ4v) is 5.96. The first-order chi connectivity index (χ1) is 18.2. The Labute approximate surface area is 223 Å². The first-order valence-corrected chi connectivity index (χ1v) is 12.0. The Morgan fingerprint density at radius 2 is 1.79 bits per heavy atom. The van der Waals surface area contributed by atoms with Crippen LogP contribution in [0.4, 0.5) is 5.69 Å². The molecule has 12 heteroatoms. The van der Waals surface area contributed by atoms with Crippen LogP contribution in [0.5, 0.6) is 5.75 Å². The lowest BCUT2D eigenvalue weighted by atomic mass is 9.58. The zero-order valence-electron chi connectivity index (χ0n) is 22.0. The molecule has 0 bridgehead atoms. The number of methoxy groups -OCH3 is 1. The number of Topliss-reactive ketones (excluding diaryl/α,β-unsaturated/α-hetero) is 2. The number of ether oxygens (including phenoxy) is 1. The molecular formula is C27H29N3O9. The van der Waals surface area contributed by atoms with E-state index in [-0.39, 0.29) is 29.5 Å². The van der Waals surface area contributed by atoms with Gasteiger partial charge in [-0.1, -0.05) is 5.92 Å². The number of likely N-dealkylation sites (N-methyl/N-ethyl adjacent to an activating group) is 1. The summed E-state index contributed by atoms with van der Waals surface area (Å²) < 4.78 is 4.51. The number of hydrogen-bond donors (Lipinski definition) is 5. The highest BCUT2D eigenvalue weighted by Gasteiger charge is 2.63. The predicted molar refractivity (Wildman–Crippen MR) is 137 cm³/mol. The van der Waals surface area contributed by atoms with Crippen molar-refractivity contribution in [1.29, 1.82) is 0 Å². The topological polar surface area (TPSA) is 191 Å². The van der Waals surface area contributed by atoms with Gasteiger partial charge in [0.15, 0.2) is 11.4 Å². The quantitative estimate of drug-likeness (QED) is 0.193. The molecule has 0 aliphatic heterocycles. The Bertz CT molecular complexity index is 1460. The average molecular weight is 540 g/mol. The van der Waals surface area contributed by atoms with Crippen LogP contribution < -0.4 is 10.6 Å². The van der Waals surface area contributed by atoms with Crippen LogP contribution in [-0.4, -0.2) is 95.7 Å². The van der Waals surface area contributed by atoms with Gasteiger partial charge in [0.25, 0.3) is 5.91 Å². The fraction of sp³-hybridized carbons (Fsp3) is 0.407. The number of fused-ring (bicyclic) bond motifs is 3. The number of hydrogen-bond acceptors (Lipinski definition) is 11. The number of aromatic hydroxyl groups is 1. The molecule has 0 spiro atoms. The molecule has 1 aromatic rings.